The SMILES string of the molecule is Cc1ccc(C#N)cc1NS(=O)(=O)c1cc(Br)ccc1C. The van der Waals surface area contributed by atoms with Crippen molar-refractivity contribution < 1.29 is 8.42 Å². The fourth-order valence-corrected chi connectivity index (χ4v) is 3.77. The Hall–Kier alpha value is -1.84. The molecule has 0 amide bonds. The molecular weight excluding hydrogens is 352 g/mol. The maximum atomic E-state index is 12.5. The van der Waals surface area contributed by atoms with Crippen LogP contribution < -0.4 is 4.72 Å². The van der Waals surface area contributed by atoms with Gasteiger partial charge in [-0.25, -0.2) is 8.42 Å². The maximum absolute atomic E-state index is 12.5. The van der Waals surface area contributed by atoms with Gasteiger partial charge in [0.2, 0.25) is 0 Å². The summed E-state index contributed by atoms with van der Waals surface area (Å²) in [4.78, 5) is 0.207. The molecule has 0 unspecified atom stereocenters. The molecular formula is C15H13BrN2O2S. The molecule has 0 atom stereocenters. The molecule has 0 bridgehead atoms. The Kier molecular flexibility index (Phi) is 4.35. The van der Waals surface area contributed by atoms with Gasteiger partial charge >= 0.3 is 0 Å². The summed E-state index contributed by atoms with van der Waals surface area (Å²) in [6.07, 6.45) is 0. The summed E-state index contributed by atoms with van der Waals surface area (Å²) < 4.78 is 28.3. The van der Waals surface area contributed by atoms with Crippen molar-refractivity contribution in [1.82, 2.24) is 0 Å². The van der Waals surface area contributed by atoms with Crippen molar-refractivity contribution in [2.24, 2.45) is 0 Å². The maximum Gasteiger partial charge on any atom is 0.262 e. The fraction of sp³-hybridized carbons (Fsp3) is 0.133. The third-order valence-corrected chi connectivity index (χ3v) is 5.05. The van der Waals surface area contributed by atoms with Crippen LogP contribution in [0.5, 0.6) is 0 Å². The topological polar surface area (TPSA) is 70.0 Å². The molecule has 0 aromatic heterocycles. The molecule has 0 saturated heterocycles. The first-order valence-corrected chi connectivity index (χ1v) is 8.41. The van der Waals surface area contributed by atoms with E-state index in [1.807, 2.05) is 6.07 Å². The van der Waals surface area contributed by atoms with Crippen molar-refractivity contribution >= 4 is 31.6 Å². The number of halogens is 1. The van der Waals surface area contributed by atoms with Gasteiger partial charge in [0, 0.05) is 4.47 Å². The highest BCUT2D eigenvalue weighted by molar-refractivity contribution is 9.10. The van der Waals surface area contributed by atoms with Crippen LogP contribution in [0.4, 0.5) is 5.69 Å². The van der Waals surface area contributed by atoms with Gasteiger partial charge in [-0.15, -0.1) is 0 Å². The van der Waals surface area contributed by atoms with Crippen molar-refractivity contribution in [1.29, 1.82) is 5.26 Å². The largest absolute Gasteiger partial charge is 0.279 e. The second-order valence-corrected chi connectivity index (χ2v) is 7.22. The van der Waals surface area contributed by atoms with Crippen LogP contribution in [0.2, 0.25) is 0 Å². The zero-order chi connectivity index (χ0) is 15.6. The number of aryl methyl sites for hydroxylation is 2. The van der Waals surface area contributed by atoms with Crippen LogP contribution in [-0.4, -0.2) is 8.42 Å². The quantitative estimate of drug-likeness (QED) is 0.901. The molecule has 2 aromatic carbocycles. The molecule has 0 aliphatic rings. The standard InChI is InChI=1S/C15H13BrN2O2S/c1-10-3-5-12(9-17)7-14(10)18-21(19,20)15-8-13(16)6-4-11(15)2/h3-8,18H,1-2H3. The van der Waals surface area contributed by atoms with Crippen LogP contribution in [0.25, 0.3) is 0 Å². The minimum Gasteiger partial charge on any atom is -0.279 e. The second-order valence-electron chi connectivity index (χ2n) is 4.66. The van der Waals surface area contributed by atoms with E-state index in [9.17, 15) is 8.42 Å². The minimum atomic E-state index is -3.70. The van der Waals surface area contributed by atoms with Gasteiger partial charge in [-0.3, -0.25) is 4.72 Å². The molecule has 0 fully saturated rings. The highest BCUT2D eigenvalue weighted by Crippen LogP contribution is 2.25. The molecule has 2 aromatic rings. The lowest BCUT2D eigenvalue weighted by molar-refractivity contribution is 0.600. The number of rotatable bonds is 3. The average molecular weight is 365 g/mol. The molecule has 0 aliphatic carbocycles. The van der Waals surface area contributed by atoms with Gasteiger partial charge in [-0.05, 0) is 49.2 Å². The molecule has 4 nitrogen and oxygen atoms in total. The highest BCUT2D eigenvalue weighted by Gasteiger charge is 2.18. The van der Waals surface area contributed by atoms with Crippen molar-refractivity contribution in [2.45, 2.75) is 18.7 Å². The van der Waals surface area contributed by atoms with E-state index in [4.69, 9.17) is 5.26 Å². The molecule has 0 heterocycles. The molecule has 108 valence electrons. The van der Waals surface area contributed by atoms with Crippen LogP contribution in [0.15, 0.2) is 45.8 Å². The summed E-state index contributed by atoms with van der Waals surface area (Å²) in [7, 11) is -3.70. The minimum absolute atomic E-state index is 0.207. The first kappa shape index (κ1) is 15.5. The van der Waals surface area contributed by atoms with Crippen LogP contribution in [0.3, 0.4) is 0 Å². The van der Waals surface area contributed by atoms with Crippen LogP contribution in [0, 0.1) is 25.2 Å². The number of anilines is 1. The Bertz CT molecular complexity index is 839. The normalized spacial score (nSPS) is 11.0. The zero-order valence-corrected chi connectivity index (χ0v) is 13.9. The van der Waals surface area contributed by atoms with E-state index >= 15 is 0 Å². The monoisotopic (exact) mass is 364 g/mol. The fourth-order valence-electron chi connectivity index (χ4n) is 1.86. The molecule has 21 heavy (non-hydrogen) atoms. The summed E-state index contributed by atoms with van der Waals surface area (Å²) in [5.41, 5.74) is 2.22. The molecule has 2 rings (SSSR count). The number of benzene rings is 2. The van der Waals surface area contributed by atoms with Crippen LogP contribution in [-0.2, 0) is 10.0 Å². The van der Waals surface area contributed by atoms with Crippen molar-refractivity contribution in [3.05, 3.63) is 57.6 Å². The number of hydrogen-bond donors (Lipinski definition) is 1. The second kappa shape index (κ2) is 5.88. The van der Waals surface area contributed by atoms with E-state index in [-0.39, 0.29) is 4.90 Å². The predicted octanol–water partition coefficient (Wildman–Crippen LogP) is 3.74. The van der Waals surface area contributed by atoms with E-state index in [0.717, 1.165) is 5.56 Å². The van der Waals surface area contributed by atoms with Crippen molar-refractivity contribution in [3.63, 3.8) is 0 Å². The van der Waals surface area contributed by atoms with Gasteiger partial charge in [0.25, 0.3) is 10.0 Å². The summed E-state index contributed by atoms with van der Waals surface area (Å²) in [6, 6.07) is 12.0. The van der Waals surface area contributed by atoms with Gasteiger partial charge in [-0.2, -0.15) is 5.26 Å². The van der Waals surface area contributed by atoms with Crippen molar-refractivity contribution in [2.75, 3.05) is 4.72 Å². The number of nitrogens with one attached hydrogen (secondary N) is 1. The van der Waals surface area contributed by atoms with Gasteiger partial charge in [0.15, 0.2) is 0 Å². The Morgan fingerprint density at radius 2 is 1.76 bits per heavy atom. The predicted molar refractivity (Wildman–Crippen MR) is 85.6 cm³/mol. The highest BCUT2D eigenvalue weighted by atomic mass is 79.9. The third kappa shape index (κ3) is 3.43. The lowest BCUT2D eigenvalue weighted by atomic mass is 10.1. The third-order valence-electron chi connectivity index (χ3n) is 3.05. The van der Waals surface area contributed by atoms with Gasteiger partial charge in [0.05, 0.1) is 22.2 Å². The number of nitrogens with zero attached hydrogens (tertiary/aromatic N) is 1. The van der Waals surface area contributed by atoms with E-state index in [1.165, 1.54) is 6.07 Å². The Balaban J connectivity index is 2.47. The Morgan fingerprint density at radius 1 is 1.10 bits per heavy atom. The number of nitriles is 1. The lowest BCUT2D eigenvalue weighted by Crippen LogP contribution is -2.15. The summed E-state index contributed by atoms with van der Waals surface area (Å²) in [5.74, 6) is 0. The molecule has 0 aliphatic heterocycles. The van der Waals surface area contributed by atoms with Gasteiger partial charge in [-0.1, -0.05) is 28.1 Å². The number of hydrogen-bond acceptors (Lipinski definition) is 3. The summed E-state index contributed by atoms with van der Waals surface area (Å²) >= 11 is 3.28. The number of sulfonamides is 1. The first-order chi connectivity index (χ1) is 9.83. The van der Waals surface area contributed by atoms with E-state index in [0.29, 0.717) is 21.3 Å². The Morgan fingerprint density at radius 3 is 2.43 bits per heavy atom. The van der Waals surface area contributed by atoms with Gasteiger partial charge < -0.3 is 0 Å². The van der Waals surface area contributed by atoms with Gasteiger partial charge in [0.1, 0.15) is 0 Å². The summed E-state index contributed by atoms with van der Waals surface area (Å²) in [5, 5.41) is 8.92. The zero-order valence-electron chi connectivity index (χ0n) is 11.5. The van der Waals surface area contributed by atoms with Crippen LogP contribution >= 0.6 is 15.9 Å². The molecule has 6 heteroatoms. The van der Waals surface area contributed by atoms with E-state index in [2.05, 4.69) is 20.7 Å². The van der Waals surface area contributed by atoms with Crippen LogP contribution in [0.1, 0.15) is 16.7 Å². The molecule has 0 spiro atoms. The smallest absolute Gasteiger partial charge is 0.262 e. The molecule has 0 saturated carbocycles. The summed E-state index contributed by atoms with van der Waals surface area (Å²) in [6.45, 7) is 3.52. The lowest BCUT2D eigenvalue weighted by Gasteiger charge is -2.13. The van der Waals surface area contributed by atoms with Crippen molar-refractivity contribution in [3.8, 4) is 6.07 Å². The molecule has 0 radical (unpaired) electrons. The van der Waals surface area contributed by atoms with E-state index < -0.39 is 10.0 Å². The molecule has 1 N–H and O–H groups in total. The average Bonchev–Trinajstić information content (AvgIpc) is 2.43. The first-order valence-electron chi connectivity index (χ1n) is 6.13. The van der Waals surface area contributed by atoms with E-state index in [1.54, 1.807) is 44.2 Å². The Labute approximate surface area is 132 Å².